The predicted molar refractivity (Wildman–Crippen MR) is 79.8 cm³/mol. The highest BCUT2D eigenvalue weighted by atomic mass is 16.5. The number of hydrogen-bond donors (Lipinski definition) is 2. The average Bonchev–Trinajstić information content (AvgIpc) is 3.04. The van der Waals surface area contributed by atoms with Crippen LogP contribution in [0.25, 0.3) is 0 Å². The zero-order valence-electron chi connectivity index (χ0n) is 13.2. The van der Waals surface area contributed by atoms with Gasteiger partial charge in [-0.3, -0.25) is 4.90 Å². The maximum absolute atomic E-state index is 9.86. The van der Waals surface area contributed by atoms with Crippen molar-refractivity contribution in [2.24, 2.45) is 0 Å². The van der Waals surface area contributed by atoms with E-state index in [0.717, 1.165) is 25.9 Å². The quantitative estimate of drug-likeness (QED) is 0.821. The van der Waals surface area contributed by atoms with Gasteiger partial charge >= 0.3 is 0 Å². The minimum Gasteiger partial charge on any atom is -0.394 e. The maximum Gasteiger partial charge on any atom is 0.0757 e. The summed E-state index contributed by atoms with van der Waals surface area (Å²) in [5.74, 6) is 0. The summed E-state index contributed by atoms with van der Waals surface area (Å²) >= 11 is 0. The van der Waals surface area contributed by atoms with E-state index in [9.17, 15) is 5.11 Å². The van der Waals surface area contributed by atoms with Gasteiger partial charge in [0.15, 0.2) is 0 Å². The zero-order valence-corrected chi connectivity index (χ0v) is 13.2. The minimum atomic E-state index is -0.0496. The fraction of sp³-hybridized carbons (Fsp3) is 1.00. The first-order valence-corrected chi connectivity index (χ1v) is 8.22. The Labute approximate surface area is 122 Å². The summed E-state index contributed by atoms with van der Waals surface area (Å²) in [6.45, 7) is 8.86. The molecular formula is C16H30N2O2. The Hall–Kier alpha value is -0.160. The first kappa shape index (κ1) is 14.8. The van der Waals surface area contributed by atoms with Crippen molar-refractivity contribution in [3.05, 3.63) is 0 Å². The van der Waals surface area contributed by atoms with Gasteiger partial charge in [-0.15, -0.1) is 0 Å². The van der Waals surface area contributed by atoms with Crippen LogP contribution in [0.3, 0.4) is 0 Å². The Morgan fingerprint density at radius 1 is 1.30 bits per heavy atom. The van der Waals surface area contributed by atoms with Crippen molar-refractivity contribution in [3.8, 4) is 0 Å². The van der Waals surface area contributed by atoms with Gasteiger partial charge in [0, 0.05) is 30.7 Å². The van der Waals surface area contributed by atoms with E-state index in [1.807, 2.05) is 0 Å². The Balaban J connectivity index is 1.63. The monoisotopic (exact) mass is 282 g/mol. The topological polar surface area (TPSA) is 44.7 Å². The molecule has 0 radical (unpaired) electrons. The molecular weight excluding hydrogens is 252 g/mol. The molecule has 4 heteroatoms. The van der Waals surface area contributed by atoms with E-state index in [2.05, 4.69) is 31.0 Å². The first-order chi connectivity index (χ1) is 9.41. The number of hydrogen-bond acceptors (Lipinski definition) is 4. The van der Waals surface area contributed by atoms with Crippen molar-refractivity contribution in [2.45, 2.75) is 82.2 Å². The van der Waals surface area contributed by atoms with Crippen LogP contribution in [-0.2, 0) is 4.74 Å². The van der Waals surface area contributed by atoms with Crippen molar-refractivity contribution in [3.63, 3.8) is 0 Å². The van der Waals surface area contributed by atoms with Gasteiger partial charge in [-0.05, 0) is 52.9 Å². The third kappa shape index (κ3) is 3.19. The molecule has 4 nitrogen and oxygen atoms in total. The number of nitrogens with zero attached hydrogens (tertiary/aromatic N) is 1. The third-order valence-electron chi connectivity index (χ3n) is 5.08. The highest BCUT2D eigenvalue weighted by Gasteiger charge is 2.45. The Kier molecular flexibility index (Phi) is 3.87. The van der Waals surface area contributed by atoms with E-state index >= 15 is 0 Å². The summed E-state index contributed by atoms with van der Waals surface area (Å²) in [5, 5.41) is 13.6. The van der Waals surface area contributed by atoms with Crippen LogP contribution in [0, 0.1) is 0 Å². The van der Waals surface area contributed by atoms with Crippen molar-refractivity contribution in [2.75, 3.05) is 19.7 Å². The molecule has 0 bridgehead atoms. The van der Waals surface area contributed by atoms with Gasteiger partial charge in [0.05, 0.1) is 18.3 Å². The molecule has 2 saturated carbocycles. The standard InChI is InChI=1S/C16H30N2O2/c1-12-9-18(10-15(2,3)20-12)14-6-7-16(8-14,11-19)17-13-4-5-13/h12-14,17,19H,4-11H2,1-3H3. The number of aliphatic hydroxyl groups excluding tert-OH is 1. The Morgan fingerprint density at radius 3 is 2.65 bits per heavy atom. The second-order valence-electron chi connectivity index (χ2n) is 7.87. The Bertz CT molecular complexity index is 356. The second-order valence-corrected chi connectivity index (χ2v) is 7.87. The van der Waals surface area contributed by atoms with E-state index in [1.165, 1.54) is 19.3 Å². The van der Waals surface area contributed by atoms with Gasteiger partial charge in [0.1, 0.15) is 0 Å². The largest absolute Gasteiger partial charge is 0.394 e. The fourth-order valence-corrected chi connectivity index (χ4v) is 4.17. The lowest BCUT2D eigenvalue weighted by molar-refractivity contribution is -0.137. The van der Waals surface area contributed by atoms with Crippen molar-refractivity contribution < 1.29 is 9.84 Å². The van der Waals surface area contributed by atoms with Crippen molar-refractivity contribution in [1.82, 2.24) is 10.2 Å². The van der Waals surface area contributed by atoms with Crippen LogP contribution in [0.1, 0.15) is 52.9 Å². The Morgan fingerprint density at radius 2 is 2.05 bits per heavy atom. The summed E-state index contributed by atoms with van der Waals surface area (Å²) < 4.78 is 6.01. The van der Waals surface area contributed by atoms with Crippen molar-refractivity contribution >= 4 is 0 Å². The molecule has 1 aliphatic heterocycles. The lowest BCUT2D eigenvalue weighted by Crippen LogP contribution is -2.56. The second kappa shape index (κ2) is 5.24. The van der Waals surface area contributed by atoms with Crippen LogP contribution in [0.2, 0.25) is 0 Å². The normalized spacial score (nSPS) is 42.0. The molecule has 2 N–H and O–H groups in total. The molecule has 116 valence electrons. The van der Waals surface area contributed by atoms with Gasteiger partial charge in [-0.25, -0.2) is 0 Å². The summed E-state index contributed by atoms with van der Waals surface area (Å²) in [6, 6.07) is 1.26. The summed E-state index contributed by atoms with van der Waals surface area (Å²) in [4.78, 5) is 2.60. The van der Waals surface area contributed by atoms with Gasteiger partial charge in [0.25, 0.3) is 0 Å². The van der Waals surface area contributed by atoms with E-state index in [-0.39, 0.29) is 17.7 Å². The van der Waals surface area contributed by atoms with E-state index in [1.54, 1.807) is 0 Å². The SMILES string of the molecule is CC1CN(C2CCC(CO)(NC3CC3)C2)CC(C)(C)O1. The van der Waals surface area contributed by atoms with Crippen LogP contribution in [0.15, 0.2) is 0 Å². The molecule has 0 amide bonds. The van der Waals surface area contributed by atoms with Gasteiger partial charge < -0.3 is 15.2 Å². The van der Waals surface area contributed by atoms with Gasteiger partial charge in [-0.2, -0.15) is 0 Å². The molecule has 0 aromatic rings. The molecule has 2 aliphatic carbocycles. The lowest BCUT2D eigenvalue weighted by atomic mass is 9.97. The molecule has 3 aliphatic rings. The molecule has 3 rings (SSSR count). The van der Waals surface area contributed by atoms with Gasteiger partial charge in [-0.1, -0.05) is 0 Å². The number of morpholine rings is 1. The smallest absolute Gasteiger partial charge is 0.0757 e. The third-order valence-corrected chi connectivity index (χ3v) is 5.08. The van der Waals surface area contributed by atoms with Crippen LogP contribution in [0.5, 0.6) is 0 Å². The first-order valence-electron chi connectivity index (χ1n) is 8.22. The van der Waals surface area contributed by atoms with E-state index in [4.69, 9.17) is 4.74 Å². The number of ether oxygens (including phenoxy) is 1. The predicted octanol–water partition coefficient (Wildman–Crippen LogP) is 1.52. The molecule has 0 aromatic carbocycles. The number of aliphatic hydroxyl groups is 1. The van der Waals surface area contributed by atoms with E-state index in [0.29, 0.717) is 18.2 Å². The van der Waals surface area contributed by atoms with Gasteiger partial charge in [0.2, 0.25) is 0 Å². The lowest BCUT2D eigenvalue weighted by Gasteiger charge is -2.44. The molecule has 3 atom stereocenters. The van der Waals surface area contributed by atoms with Crippen LogP contribution >= 0.6 is 0 Å². The number of rotatable bonds is 4. The number of nitrogens with one attached hydrogen (secondary N) is 1. The fourth-order valence-electron chi connectivity index (χ4n) is 4.17. The molecule has 0 spiro atoms. The van der Waals surface area contributed by atoms with Crippen LogP contribution in [0.4, 0.5) is 0 Å². The maximum atomic E-state index is 9.86. The summed E-state index contributed by atoms with van der Waals surface area (Å²) in [5.41, 5.74) is -0.0659. The highest BCUT2D eigenvalue weighted by Crippen LogP contribution is 2.37. The molecule has 1 saturated heterocycles. The van der Waals surface area contributed by atoms with Crippen LogP contribution < -0.4 is 5.32 Å². The molecule has 3 unspecified atom stereocenters. The minimum absolute atomic E-state index is 0.0164. The van der Waals surface area contributed by atoms with Crippen molar-refractivity contribution in [1.29, 1.82) is 0 Å². The summed E-state index contributed by atoms with van der Waals surface area (Å²) in [7, 11) is 0. The molecule has 1 heterocycles. The van der Waals surface area contributed by atoms with Crippen LogP contribution in [-0.4, -0.2) is 59.0 Å². The molecule has 3 fully saturated rings. The summed E-state index contributed by atoms with van der Waals surface area (Å²) in [6.07, 6.45) is 6.27. The highest BCUT2D eigenvalue weighted by molar-refractivity contribution is 5.04. The zero-order chi connectivity index (χ0) is 14.4. The molecule has 0 aromatic heterocycles. The average molecular weight is 282 g/mol. The van der Waals surface area contributed by atoms with E-state index < -0.39 is 0 Å². The molecule has 20 heavy (non-hydrogen) atoms.